The van der Waals surface area contributed by atoms with Crippen molar-refractivity contribution in [2.75, 3.05) is 16.4 Å². The van der Waals surface area contributed by atoms with E-state index in [1.807, 2.05) is 12.3 Å². The molecule has 0 bridgehead atoms. The molecule has 4 N–H and O–H groups in total. The van der Waals surface area contributed by atoms with Crippen molar-refractivity contribution >= 4 is 45.7 Å². The molecule has 0 atom stereocenters. The minimum absolute atomic E-state index is 0.132. The van der Waals surface area contributed by atoms with Crippen LogP contribution in [-0.2, 0) is 0 Å². The second-order valence-corrected chi connectivity index (χ2v) is 5.24. The van der Waals surface area contributed by atoms with E-state index < -0.39 is 34.6 Å². The minimum atomic E-state index is -1.97. The maximum absolute atomic E-state index is 13.6. The first kappa shape index (κ1) is 15.5. The lowest BCUT2D eigenvalue weighted by Crippen LogP contribution is -2.22. The summed E-state index contributed by atoms with van der Waals surface area (Å²) in [7, 11) is 0. The van der Waals surface area contributed by atoms with E-state index in [4.69, 9.17) is 18.0 Å². The van der Waals surface area contributed by atoms with E-state index in [0.717, 1.165) is 5.56 Å². The first-order chi connectivity index (χ1) is 9.82. The van der Waals surface area contributed by atoms with E-state index in [1.54, 1.807) is 5.38 Å². The van der Waals surface area contributed by atoms with Gasteiger partial charge in [0.2, 0.25) is 0 Å². The quantitative estimate of drug-likeness (QED) is 0.255. The molecular formula is C12H9F4N3S2. The van der Waals surface area contributed by atoms with Crippen LogP contribution in [0.2, 0.25) is 0 Å². The molecule has 2 rings (SSSR count). The molecule has 0 aliphatic carbocycles. The number of nitrogens with two attached hydrogens (primary N) is 1. The summed E-state index contributed by atoms with van der Waals surface area (Å²) >= 11 is 6.31. The largest absolute Gasteiger partial charge is 0.394 e. The highest BCUT2D eigenvalue weighted by Crippen LogP contribution is 2.30. The monoisotopic (exact) mass is 335 g/mol. The number of aryl methyl sites for hydroxylation is 1. The highest BCUT2D eigenvalue weighted by Gasteiger charge is 2.24. The highest BCUT2D eigenvalue weighted by atomic mass is 32.1. The number of nitrogens with one attached hydrogen (secondary N) is 2. The average Bonchev–Trinajstić information content (AvgIpc) is 2.84. The summed E-state index contributed by atoms with van der Waals surface area (Å²) in [5.74, 6) is -7.25. The Morgan fingerprint density at radius 3 is 2.24 bits per heavy atom. The lowest BCUT2D eigenvalue weighted by atomic mass is 10.2. The van der Waals surface area contributed by atoms with Crippen molar-refractivity contribution in [3.8, 4) is 0 Å². The zero-order chi connectivity index (χ0) is 15.7. The van der Waals surface area contributed by atoms with Crippen molar-refractivity contribution in [1.82, 2.24) is 0 Å². The summed E-state index contributed by atoms with van der Waals surface area (Å²) in [4.78, 5) is 0. The molecule has 21 heavy (non-hydrogen) atoms. The summed E-state index contributed by atoms with van der Waals surface area (Å²) in [6.07, 6.45) is 0. The standard InChI is InChI=1S/C12H9F4N3S2/c1-4-2-21-3-5(4)18-12(20)19-11-9(16)7(14)6(13)8(15)10(11)17/h2-3H,17H2,1H3,(H2,18,19,20). The van der Waals surface area contributed by atoms with Crippen LogP contribution >= 0.6 is 23.6 Å². The Bertz CT molecular complexity index is 686. The number of hydrogen-bond acceptors (Lipinski definition) is 3. The molecular weight excluding hydrogens is 326 g/mol. The van der Waals surface area contributed by atoms with E-state index in [-0.39, 0.29) is 5.11 Å². The molecule has 2 aromatic rings. The van der Waals surface area contributed by atoms with Crippen LogP contribution in [0.3, 0.4) is 0 Å². The molecule has 0 aliphatic rings. The van der Waals surface area contributed by atoms with E-state index in [1.165, 1.54) is 11.3 Å². The van der Waals surface area contributed by atoms with Gasteiger partial charge >= 0.3 is 0 Å². The van der Waals surface area contributed by atoms with Crippen molar-refractivity contribution in [3.63, 3.8) is 0 Å². The Morgan fingerprint density at radius 2 is 1.67 bits per heavy atom. The third-order valence-corrected chi connectivity index (χ3v) is 3.71. The fourth-order valence-electron chi connectivity index (χ4n) is 1.53. The molecule has 1 aromatic carbocycles. The van der Waals surface area contributed by atoms with Gasteiger partial charge in [-0.25, -0.2) is 17.6 Å². The van der Waals surface area contributed by atoms with Crippen LogP contribution in [0.1, 0.15) is 5.56 Å². The van der Waals surface area contributed by atoms with Crippen LogP contribution in [0.5, 0.6) is 0 Å². The molecule has 112 valence electrons. The third-order valence-electron chi connectivity index (χ3n) is 2.65. The van der Waals surface area contributed by atoms with Gasteiger partial charge in [0.1, 0.15) is 5.69 Å². The first-order valence-electron chi connectivity index (χ1n) is 5.55. The summed E-state index contributed by atoms with van der Waals surface area (Å²) in [6, 6.07) is 0. The van der Waals surface area contributed by atoms with Gasteiger partial charge in [0.05, 0.1) is 11.4 Å². The summed E-state index contributed by atoms with van der Waals surface area (Å²) in [6.45, 7) is 1.81. The number of benzene rings is 1. The van der Waals surface area contributed by atoms with Crippen molar-refractivity contribution in [1.29, 1.82) is 0 Å². The van der Waals surface area contributed by atoms with Gasteiger partial charge in [-0.05, 0) is 30.1 Å². The molecule has 0 unspecified atom stereocenters. The Balaban J connectivity index is 2.28. The van der Waals surface area contributed by atoms with Crippen LogP contribution in [0.25, 0.3) is 0 Å². The molecule has 1 heterocycles. The van der Waals surface area contributed by atoms with Crippen molar-refractivity contribution in [2.24, 2.45) is 0 Å². The molecule has 0 amide bonds. The summed E-state index contributed by atoms with van der Waals surface area (Å²) in [5, 5.41) is 8.41. The van der Waals surface area contributed by atoms with Crippen molar-refractivity contribution in [2.45, 2.75) is 6.92 Å². The van der Waals surface area contributed by atoms with Gasteiger partial charge in [-0.2, -0.15) is 0 Å². The summed E-state index contributed by atoms with van der Waals surface area (Å²) < 4.78 is 53.1. The number of hydrogen-bond donors (Lipinski definition) is 3. The smallest absolute Gasteiger partial charge is 0.199 e. The lowest BCUT2D eigenvalue weighted by Gasteiger charge is -2.14. The van der Waals surface area contributed by atoms with E-state index >= 15 is 0 Å². The van der Waals surface area contributed by atoms with Gasteiger partial charge in [0.15, 0.2) is 28.4 Å². The van der Waals surface area contributed by atoms with Gasteiger partial charge in [-0.15, -0.1) is 11.3 Å². The number of halogens is 4. The van der Waals surface area contributed by atoms with Crippen LogP contribution < -0.4 is 16.4 Å². The highest BCUT2D eigenvalue weighted by molar-refractivity contribution is 7.80. The average molecular weight is 335 g/mol. The lowest BCUT2D eigenvalue weighted by molar-refractivity contribution is 0.413. The molecule has 0 fully saturated rings. The maximum Gasteiger partial charge on any atom is 0.199 e. The molecule has 0 radical (unpaired) electrons. The zero-order valence-electron chi connectivity index (χ0n) is 10.6. The predicted molar refractivity (Wildman–Crippen MR) is 79.6 cm³/mol. The number of nitrogen functional groups attached to an aromatic ring is 1. The SMILES string of the molecule is Cc1cscc1NC(=S)Nc1c(N)c(F)c(F)c(F)c1F. The molecule has 0 saturated carbocycles. The Kier molecular flexibility index (Phi) is 4.33. The van der Waals surface area contributed by atoms with Gasteiger partial charge in [0.25, 0.3) is 0 Å². The van der Waals surface area contributed by atoms with Crippen molar-refractivity contribution < 1.29 is 17.6 Å². The predicted octanol–water partition coefficient (Wildman–Crippen LogP) is 4.00. The van der Waals surface area contributed by atoms with E-state index in [0.29, 0.717) is 5.69 Å². The Morgan fingerprint density at radius 1 is 1.05 bits per heavy atom. The van der Waals surface area contributed by atoms with Crippen LogP contribution in [0.4, 0.5) is 34.6 Å². The topological polar surface area (TPSA) is 50.1 Å². The second-order valence-electron chi connectivity index (χ2n) is 4.09. The number of thiophene rings is 1. The zero-order valence-corrected chi connectivity index (χ0v) is 12.2. The van der Waals surface area contributed by atoms with Crippen LogP contribution in [0, 0.1) is 30.2 Å². The first-order valence-corrected chi connectivity index (χ1v) is 6.90. The summed E-state index contributed by atoms with van der Waals surface area (Å²) in [5.41, 5.74) is 5.13. The molecule has 9 heteroatoms. The van der Waals surface area contributed by atoms with Crippen LogP contribution in [-0.4, -0.2) is 5.11 Å². The van der Waals surface area contributed by atoms with Gasteiger partial charge in [0, 0.05) is 5.38 Å². The molecule has 0 saturated heterocycles. The third kappa shape index (κ3) is 2.93. The molecule has 0 spiro atoms. The maximum atomic E-state index is 13.6. The minimum Gasteiger partial charge on any atom is -0.394 e. The number of rotatable bonds is 2. The van der Waals surface area contributed by atoms with Gasteiger partial charge in [-0.1, -0.05) is 0 Å². The second kappa shape index (κ2) is 5.86. The van der Waals surface area contributed by atoms with Gasteiger partial charge < -0.3 is 16.4 Å². The van der Waals surface area contributed by atoms with E-state index in [2.05, 4.69) is 10.6 Å². The molecule has 1 aromatic heterocycles. The molecule has 3 nitrogen and oxygen atoms in total. The normalized spacial score (nSPS) is 10.5. The number of thiocarbonyl (C=S) groups is 1. The molecule has 0 aliphatic heterocycles. The Labute approximate surface area is 126 Å². The van der Waals surface area contributed by atoms with Crippen molar-refractivity contribution in [3.05, 3.63) is 39.6 Å². The fourth-order valence-corrected chi connectivity index (χ4v) is 2.52. The fraction of sp³-hybridized carbons (Fsp3) is 0.0833. The number of anilines is 3. The Hall–Kier alpha value is -1.87. The van der Waals surface area contributed by atoms with E-state index in [9.17, 15) is 17.6 Å². The van der Waals surface area contributed by atoms with Crippen LogP contribution in [0.15, 0.2) is 10.8 Å². The van der Waals surface area contributed by atoms with Gasteiger partial charge in [-0.3, -0.25) is 0 Å².